The van der Waals surface area contributed by atoms with Crippen LogP contribution in [0.4, 0.5) is 8.78 Å². The molecule has 2 aromatic rings. The van der Waals surface area contributed by atoms with Crippen LogP contribution in [-0.2, 0) is 4.79 Å². The van der Waals surface area contributed by atoms with Crippen LogP contribution in [-0.4, -0.2) is 11.1 Å². The molecule has 0 saturated carbocycles. The molecule has 0 fully saturated rings. The van der Waals surface area contributed by atoms with Crippen molar-refractivity contribution in [2.24, 2.45) is 5.73 Å². The summed E-state index contributed by atoms with van der Waals surface area (Å²) in [7, 11) is 0. The van der Waals surface area contributed by atoms with Gasteiger partial charge in [0, 0.05) is 17.2 Å². The zero-order valence-corrected chi connectivity index (χ0v) is 12.4. The van der Waals surface area contributed by atoms with E-state index >= 15 is 0 Å². The summed E-state index contributed by atoms with van der Waals surface area (Å²) in [5.74, 6) is -2.08. The number of aryl methyl sites for hydroxylation is 2. The molecule has 0 heterocycles. The van der Waals surface area contributed by atoms with Crippen LogP contribution in [0.15, 0.2) is 30.3 Å². The second kappa shape index (κ2) is 6.23. The van der Waals surface area contributed by atoms with E-state index in [1.54, 1.807) is 26.0 Å². The average molecular weight is 305 g/mol. The van der Waals surface area contributed by atoms with Crippen LogP contribution in [0.5, 0.6) is 0 Å². The SMILES string of the molecule is Cc1cc(-c2c(C)cccc2F)cc([C@@H](N)CC(=O)O)c1F. The van der Waals surface area contributed by atoms with Crippen molar-refractivity contribution in [3.8, 4) is 11.1 Å². The van der Waals surface area contributed by atoms with Gasteiger partial charge in [-0.15, -0.1) is 0 Å². The molecule has 0 radical (unpaired) electrons. The zero-order chi connectivity index (χ0) is 16.4. The first-order valence-corrected chi connectivity index (χ1v) is 6.84. The summed E-state index contributed by atoms with van der Waals surface area (Å²) in [5, 5.41) is 8.82. The standard InChI is InChI=1S/C17H17F2NO2/c1-9-4-3-5-13(18)16(9)11-6-10(2)17(19)12(7-11)14(20)8-15(21)22/h3-7,14H,8,20H2,1-2H3,(H,21,22)/t14-/m0/s1. The first-order valence-electron chi connectivity index (χ1n) is 6.84. The maximum Gasteiger partial charge on any atom is 0.305 e. The van der Waals surface area contributed by atoms with Gasteiger partial charge in [0.15, 0.2) is 0 Å². The summed E-state index contributed by atoms with van der Waals surface area (Å²) < 4.78 is 28.3. The van der Waals surface area contributed by atoms with Crippen LogP contribution in [0.3, 0.4) is 0 Å². The van der Waals surface area contributed by atoms with Gasteiger partial charge in [-0.1, -0.05) is 12.1 Å². The number of hydrogen-bond acceptors (Lipinski definition) is 2. The zero-order valence-electron chi connectivity index (χ0n) is 12.4. The highest BCUT2D eigenvalue weighted by Gasteiger charge is 2.19. The van der Waals surface area contributed by atoms with Crippen LogP contribution >= 0.6 is 0 Å². The number of halogens is 2. The fourth-order valence-electron chi connectivity index (χ4n) is 2.51. The van der Waals surface area contributed by atoms with Crippen molar-refractivity contribution in [3.05, 3.63) is 58.7 Å². The van der Waals surface area contributed by atoms with E-state index in [0.29, 0.717) is 22.3 Å². The van der Waals surface area contributed by atoms with Gasteiger partial charge in [0.2, 0.25) is 0 Å². The fourth-order valence-corrected chi connectivity index (χ4v) is 2.51. The predicted octanol–water partition coefficient (Wildman–Crippen LogP) is 3.72. The monoisotopic (exact) mass is 305 g/mol. The Morgan fingerprint density at radius 1 is 1.23 bits per heavy atom. The maximum absolute atomic E-state index is 14.2. The molecule has 3 N–H and O–H groups in total. The molecule has 0 amide bonds. The quantitative estimate of drug-likeness (QED) is 0.905. The Kier molecular flexibility index (Phi) is 4.56. The number of aliphatic carboxylic acids is 1. The highest BCUT2D eigenvalue weighted by molar-refractivity contribution is 5.71. The number of benzene rings is 2. The van der Waals surface area contributed by atoms with Crippen LogP contribution in [0.1, 0.15) is 29.2 Å². The van der Waals surface area contributed by atoms with E-state index in [-0.39, 0.29) is 5.56 Å². The van der Waals surface area contributed by atoms with Crippen molar-refractivity contribution in [3.63, 3.8) is 0 Å². The summed E-state index contributed by atoms with van der Waals surface area (Å²) >= 11 is 0. The van der Waals surface area contributed by atoms with Crippen molar-refractivity contribution >= 4 is 5.97 Å². The van der Waals surface area contributed by atoms with Gasteiger partial charge in [0.25, 0.3) is 0 Å². The van der Waals surface area contributed by atoms with Crippen LogP contribution in [0.25, 0.3) is 11.1 Å². The molecule has 0 aliphatic rings. The smallest absolute Gasteiger partial charge is 0.305 e. The summed E-state index contributed by atoms with van der Waals surface area (Å²) in [6.07, 6.45) is -0.393. The van der Waals surface area contributed by atoms with Gasteiger partial charge >= 0.3 is 5.97 Å². The van der Waals surface area contributed by atoms with Crippen LogP contribution < -0.4 is 5.73 Å². The molecule has 0 aliphatic carbocycles. The lowest BCUT2D eigenvalue weighted by molar-refractivity contribution is -0.137. The van der Waals surface area contributed by atoms with Crippen molar-refractivity contribution in [2.45, 2.75) is 26.3 Å². The lowest BCUT2D eigenvalue weighted by Gasteiger charge is -2.16. The highest BCUT2D eigenvalue weighted by atomic mass is 19.1. The number of carbonyl (C=O) groups is 1. The molecular formula is C17H17F2NO2. The van der Waals surface area contributed by atoms with E-state index in [1.807, 2.05) is 0 Å². The molecule has 22 heavy (non-hydrogen) atoms. The van der Waals surface area contributed by atoms with Gasteiger partial charge < -0.3 is 10.8 Å². The third kappa shape index (κ3) is 3.14. The van der Waals surface area contributed by atoms with Crippen LogP contribution in [0, 0.1) is 25.5 Å². The van der Waals surface area contributed by atoms with Crippen molar-refractivity contribution in [2.75, 3.05) is 0 Å². The third-order valence-electron chi connectivity index (χ3n) is 3.59. The van der Waals surface area contributed by atoms with E-state index in [9.17, 15) is 13.6 Å². The number of hydrogen-bond donors (Lipinski definition) is 2. The molecule has 0 bridgehead atoms. The summed E-state index contributed by atoms with van der Waals surface area (Å²) in [5.41, 5.74) is 7.73. The molecule has 0 saturated heterocycles. The molecular weight excluding hydrogens is 288 g/mol. The molecule has 116 valence electrons. The summed E-state index contributed by atoms with van der Waals surface area (Å²) in [6.45, 7) is 3.31. The second-order valence-electron chi connectivity index (χ2n) is 5.33. The Bertz CT molecular complexity index is 709. The fraction of sp³-hybridized carbons (Fsp3) is 0.235. The van der Waals surface area contributed by atoms with E-state index in [1.165, 1.54) is 18.2 Å². The highest BCUT2D eigenvalue weighted by Crippen LogP contribution is 2.32. The number of carboxylic acids is 1. The average Bonchev–Trinajstić information content (AvgIpc) is 2.41. The third-order valence-corrected chi connectivity index (χ3v) is 3.59. The molecule has 5 heteroatoms. The maximum atomic E-state index is 14.2. The van der Waals surface area contributed by atoms with E-state index < -0.39 is 30.1 Å². The van der Waals surface area contributed by atoms with Gasteiger partial charge in [-0.3, -0.25) is 4.79 Å². The summed E-state index contributed by atoms with van der Waals surface area (Å²) in [4.78, 5) is 10.8. The van der Waals surface area contributed by atoms with Crippen LogP contribution in [0.2, 0.25) is 0 Å². The van der Waals surface area contributed by atoms with E-state index in [0.717, 1.165) is 0 Å². The molecule has 2 rings (SSSR count). The number of nitrogens with two attached hydrogens (primary N) is 1. The Morgan fingerprint density at radius 3 is 2.50 bits per heavy atom. The first-order chi connectivity index (χ1) is 10.3. The molecule has 0 unspecified atom stereocenters. The van der Waals surface area contributed by atoms with Crippen molar-refractivity contribution < 1.29 is 18.7 Å². The lowest BCUT2D eigenvalue weighted by atomic mass is 9.93. The Labute approximate surface area is 127 Å². The van der Waals surface area contributed by atoms with Gasteiger partial charge in [0.05, 0.1) is 6.42 Å². The topological polar surface area (TPSA) is 63.3 Å². The van der Waals surface area contributed by atoms with E-state index in [4.69, 9.17) is 10.8 Å². The normalized spacial score (nSPS) is 12.2. The Balaban J connectivity index is 2.60. The van der Waals surface area contributed by atoms with Crippen molar-refractivity contribution in [1.82, 2.24) is 0 Å². The largest absolute Gasteiger partial charge is 0.481 e. The molecule has 3 nitrogen and oxygen atoms in total. The first kappa shape index (κ1) is 16.1. The molecule has 2 aromatic carbocycles. The molecule has 0 spiro atoms. The molecule has 0 aromatic heterocycles. The molecule has 0 aliphatic heterocycles. The predicted molar refractivity (Wildman–Crippen MR) is 80.4 cm³/mol. The minimum atomic E-state index is -1.11. The second-order valence-corrected chi connectivity index (χ2v) is 5.33. The molecule has 1 atom stereocenters. The van der Waals surface area contributed by atoms with E-state index in [2.05, 4.69) is 0 Å². The van der Waals surface area contributed by atoms with Gasteiger partial charge in [-0.25, -0.2) is 8.78 Å². The van der Waals surface area contributed by atoms with Gasteiger partial charge in [0.1, 0.15) is 11.6 Å². The number of rotatable bonds is 4. The Hall–Kier alpha value is -2.27. The number of carboxylic acid groups (broad SMARTS) is 1. The van der Waals surface area contributed by atoms with Crippen molar-refractivity contribution in [1.29, 1.82) is 0 Å². The minimum Gasteiger partial charge on any atom is -0.481 e. The lowest BCUT2D eigenvalue weighted by Crippen LogP contribution is -2.17. The Morgan fingerprint density at radius 2 is 1.91 bits per heavy atom. The summed E-state index contributed by atoms with van der Waals surface area (Å²) in [6, 6.07) is 6.68. The van der Waals surface area contributed by atoms with Gasteiger partial charge in [-0.2, -0.15) is 0 Å². The minimum absolute atomic E-state index is 0.0834. The van der Waals surface area contributed by atoms with Gasteiger partial charge in [-0.05, 0) is 48.7 Å².